The van der Waals surface area contributed by atoms with Crippen molar-refractivity contribution in [3.63, 3.8) is 0 Å². The highest BCUT2D eigenvalue weighted by Crippen LogP contribution is 2.21. The molecule has 1 N–H and O–H groups in total. The van der Waals surface area contributed by atoms with Gasteiger partial charge in [-0.15, -0.1) is 0 Å². The summed E-state index contributed by atoms with van der Waals surface area (Å²) in [7, 11) is 0. The first kappa shape index (κ1) is 8.55. The minimum atomic E-state index is -0.680. The van der Waals surface area contributed by atoms with Crippen molar-refractivity contribution < 1.29 is 19.4 Å². The van der Waals surface area contributed by atoms with Crippen molar-refractivity contribution in [3.8, 4) is 5.75 Å². The van der Waals surface area contributed by atoms with E-state index in [1.807, 2.05) is 0 Å². The molecular weight excluding hydrogens is 186 g/mol. The van der Waals surface area contributed by atoms with Crippen LogP contribution in [0.3, 0.4) is 0 Å². The third-order valence-corrected chi connectivity index (χ3v) is 1.87. The van der Waals surface area contributed by atoms with Gasteiger partial charge in [-0.1, -0.05) is 0 Å². The SMILES string of the molecule is O=C1CN(c2ccc(O)cc2)C(=O)O1. The number of aromatic hydroxyl groups is 1. The first-order chi connectivity index (χ1) is 6.66. The molecule has 5 heteroatoms. The molecule has 1 aliphatic heterocycles. The summed E-state index contributed by atoms with van der Waals surface area (Å²) in [6, 6.07) is 5.95. The van der Waals surface area contributed by atoms with Gasteiger partial charge in [-0.25, -0.2) is 9.59 Å². The van der Waals surface area contributed by atoms with Crippen LogP contribution in [0.5, 0.6) is 5.75 Å². The lowest BCUT2D eigenvalue weighted by Crippen LogP contribution is -2.23. The van der Waals surface area contributed by atoms with Gasteiger partial charge in [-0.3, -0.25) is 4.90 Å². The first-order valence-corrected chi connectivity index (χ1v) is 3.98. The van der Waals surface area contributed by atoms with E-state index in [1.165, 1.54) is 29.2 Å². The number of ether oxygens (including phenoxy) is 1. The summed E-state index contributed by atoms with van der Waals surface area (Å²) in [5.41, 5.74) is 0.527. The number of anilines is 1. The highest BCUT2D eigenvalue weighted by molar-refractivity contribution is 6.04. The van der Waals surface area contributed by atoms with E-state index in [4.69, 9.17) is 5.11 Å². The largest absolute Gasteiger partial charge is 0.508 e. The number of carbonyl (C=O) groups is 2. The summed E-state index contributed by atoms with van der Waals surface area (Å²) in [5.74, 6) is -0.462. The highest BCUT2D eigenvalue weighted by Gasteiger charge is 2.30. The molecule has 1 fully saturated rings. The molecule has 2 rings (SSSR count). The van der Waals surface area contributed by atoms with Crippen molar-refractivity contribution in [2.45, 2.75) is 0 Å². The molecule has 1 aromatic rings. The smallest absolute Gasteiger partial charge is 0.422 e. The Kier molecular flexibility index (Phi) is 1.85. The maximum absolute atomic E-state index is 11.1. The van der Waals surface area contributed by atoms with Crippen molar-refractivity contribution in [2.24, 2.45) is 0 Å². The minimum Gasteiger partial charge on any atom is -0.508 e. The second-order valence-electron chi connectivity index (χ2n) is 2.84. The number of hydrogen-bond donors (Lipinski definition) is 1. The first-order valence-electron chi connectivity index (χ1n) is 3.98. The van der Waals surface area contributed by atoms with Crippen LogP contribution in [0.15, 0.2) is 24.3 Å². The molecule has 0 atom stereocenters. The van der Waals surface area contributed by atoms with E-state index in [9.17, 15) is 9.59 Å². The normalized spacial score (nSPS) is 15.9. The van der Waals surface area contributed by atoms with Crippen LogP contribution in [0, 0.1) is 0 Å². The summed E-state index contributed by atoms with van der Waals surface area (Å²) in [4.78, 5) is 23.1. The quantitative estimate of drug-likeness (QED) is 0.531. The number of phenolic OH excluding ortho intramolecular Hbond substituents is 1. The van der Waals surface area contributed by atoms with Gasteiger partial charge in [-0.05, 0) is 24.3 Å². The Labute approximate surface area is 79.5 Å². The van der Waals surface area contributed by atoms with E-state index in [2.05, 4.69) is 4.74 Å². The molecule has 0 radical (unpaired) electrons. The average molecular weight is 193 g/mol. The number of nitrogens with zero attached hydrogens (tertiary/aromatic N) is 1. The number of benzene rings is 1. The van der Waals surface area contributed by atoms with Gasteiger partial charge in [0, 0.05) is 5.69 Å². The van der Waals surface area contributed by atoms with Crippen molar-refractivity contribution in [3.05, 3.63) is 24.3 Å². The Morgan fingerprint density at radius 2 is 1.86 bits per heavy atom. The lowest BCUT2D eigenvalue weighted by Gasteiger charge is -2.10. The van der Waals surface area contributed by atoms with Gasteiger partial charge in [0.1, 0.15) is 12.3 Å². The molecule has 0 spiro atoms. The number of carbonyl (C=O) groups excluding carboxylic acids is 2. The van der Waals surface area contributed by atoms with E-state index in [0.717, 1.165) is 0 Å². The number of cyclic esters (lactones) is 2. The predicted octanol–water partition coefficient (Wildman–Crippen LogP) is 0.875. The summed E-state index contributed by atoms with van der Waals surface area (Å²) in [6.07, 6.45) is -0.680. The van der Waals surface area contributed by atoms with Crippen LogP contribution < -0.4 is 4.90 Å². The van der Waals surface area contributed by atoms with Crippen molar-refractivity contribution in [1.29, 1.82) is 0 Å². The second kappa shape index (κ2) is 3.02. The van der Waals surface area contributed by atoms with Gasteiger partial charge in [0.15, 0.2) is 0 Å². The molecule has 72 valence electrons. The van der Waals surface area contributed by atoms with Gasteiger partial charge >= 0.3 is 12.1 Å². The molecule has 5 nitrogen and oxygen atoms in total. The van der Waals surface area contributed by atoms with Crippen LogP contribution in [-0.4, -0.2) is 23.7 Å². The van der Waals surface area contributed by atoms with E-state index in [-0.39, 0.29) is 12.3 Å². The number of esters is 1. The Bertz CT molecular complexity index is 384. The lowest BCUT2D eigenvalue weighted by molar-refractivity contribution is -0.132. The number of rotatable bonds is 1. The third kappa shape index (κ3) is 1.39. The average Bonchev–Trinajstić information content (AvgIpc) is 2.47. The molecule has 1 saturated heterocycles. The van der Waals surface area contributed by atoms with Gasteiger partial charge < -0.3 is 9.84 Å². The number of amides is 1. The Morgan fingerprint density at radius 3 is 2.36 bits per heavy atom. The standard InChI is InChI=1S/C9H7NO4/c11-7-3-1-6(2-4-7)10-5-8(12)14-9(10)13/h1-4,11H,5H2. The summed E-state index contributed by atoms with van der Waals surface area (Å²) < 4.78 is 4.34. The monoisotopic (exact) mass is 193 g/mol. The molecule has 0 aliphatic carbocycles. The maximum atomic E-state index is 11.1. The highest BCUT2D eigenvalue weighted by atomic mass is 16.6. The van der Waals surface area contributed by atoms with Gasteiger partial charge in [0.05, 0.1) is 0 Å². The van der Waals surface area contributed by atoms with E-state index < -0.39 is 12.1 Å². The molecule has 1 heterocycles. The fourth-order valence-corrected chi connectivity index (χ4v) is 1.21. The van der Waals surface area contributed by atoms with Crippen LogP contribution in [0.1, 0.15) is 0 Å². The van der Waals surface area contributed by atoms with Crippen LogP contribution in [0.4, 0.5) is 10.5 Å². The Balaban J connectivity index is 2.27. The number of hydrogen-bond acceptors (Lipinski definition) is 4. The number of phenols is 1. The molecular formula is C9H7NO4. The van der Waals surface area contributed by atoms with Crippen LogP contribution in [-0.2, 0) is 9.53 Å². The van der Waals surface area contributed by atoms with Crippen molar-refractivity contribution in [2.75, 3.05) is 11.4 Å². The molecule has 1 aliphatic rings. The van der Waals surface area contributed by atoms with Crippen LogP contribution in [0.25, 0.3) is 0 Å². The zero-order valence-electron chi connectivity index (χ0n) is 7.14. The van der Waals surface area contributed by atoms with Crippen LogP contribution in [0.2, 0.25) is 0 Å². The fraction of sp³-hybridized carbons (Fsp3) is 0.111. The topological polar surface area (TPSA) is 66.8 Å². The molecule has 0 bridgehead atoms. The van der Waals surface area contributed by atoms with E-state index in [0.29, 0.717) is 5.69 Å². The maximum Gasteiger partial charge on any atom is 0.422 e. The van der Waals surface area contributed by atoms with Crippen LogP contribution >= 0.6 is 0 Å². The molecule has 1 amide bonds. The Morgan fingerprint density at radius 1 is 1.21 bits per heavy atom. The molecule has 14 heavy (non-hydrogen) atoms. The lowest BCUT2D eigenvalue weighted by atomic mass is 10.3. The van der Waals surface area contributed by atoms with Crippen molar-refractivity contribution >= 4 is 17.7 Å². The molecule has 0 unspecified atom stereocenters. The summed E-state index contributed by atoms with van der Waals surface area (Å²) in [5, 5.41) is 9.02. The van der Waals surface area contributed by atoms with Crippen molar-refractivity contribution in [1.82, 2.24) is 0 Å². The zero-order chi connectivity index (χ0) is 10.1. The van der Waals surface area contributed by atoms with E-state index >= 15 is 0 Å². The zero-order valence-corrected chi connectivity index (χ0v) is 7.14. The molecule has 0 saturated carbocycles. The predicted molar refractivity (Wildman–Crippen MR) is 46.9 cm³/mol. The van der Waals surface area contributed by atoms with E-state index in [1.54, 1.807) is 0 Å². The minimum absolute atomic E-state index is 0.0798. The van der Waals surface area contributed by atoms with Gasteiger partial charge in [0.2, 0.25) is 0 Å². The Hall–Kier alpha value is -2.04. The summed E-state index contributed by atoms with van der Waals surface area (Å²) >= 11 is 0. The fourth-order valence-electron chi connectivity index (χ4n) is 1.21. The van der Waals surface area contributed by atoms with Gasteiger partial charge in [-0.2, -0.15) is 0 Å². The second-order valence-corrected chi connectivity index (χ2v) is 2.84. The third-order valence-electron chi connectivity index (χ3n) is 1.87. The van der Waals surface area contributed by atoms with Gasteiger partial charge in [0.25, 0.3) is 0 Å². The molecule has 0 aromatic heterocycles. The summed E-state index contributed by atoms with van der Waals surface area (Å²) in [6.45, 7) is -0.0798. The molecule has 1 aromatic carbocycles.